The molecule has 0 amide bonds. The van der Waals surface area contributed by atoms with Crippen molar-refractivity contribution in [3.63, 3.8) is 0 Å². The number of rotatable bonds is 4. The first-order valence-electron chi connectivity index (χ1n) is 5.33. The second kappa shape index (κ2) is 5.41. The molecule has 0 bridgehead atoms. The van der Waals surface area contributed by atoms with Crippen LogP contribution in [0.4, 0.5) is 0 Å². The van der Waals surface area contributed by atoms with Crippen LogP contribution in [0.5, 0.6) is 0 Å². The minimum atomic E-state index is 0.302. The highest BCUT2D eigenvalue weighted by atomic mass is 35.5. The summed E-state index contributed by atoms with van der Waals surface area (Å²) < 4.78 is 0. The lowest BCUT2D eigenvalue weighted by atomic mass is 9.96. The maximum absolute atomic E-state index is 6.20. The molecule has 1 heteroatoms. The van der Waals surface area contributed by atoms with E-state index in [2.05, 4.69) is 45.0 Å². The monoisotopic (exact) mass is 210 g/mol. The fourth-order valence-corrected chi connectivity index (χ4v) is 1.72. The minimum absolute atomic E-state index is 0.302. The Morgan fingerprint density at radius 3 is 2.29 bits per heavy atom. The molecule has 0 spiro atoms. The van der Waals surface area contributed by atoms with Crippen LogP contribution in [0.15, 0.2) is 24.3 Å². The van der Waals surface area contributed by atoms with E-state index in [1.165, 1.54) is 11.1 Å². The Hall–Kier alpha value is -0.490. The quantitative estimate of drug-likeness (QED) is 0.654. The van der Waals surface area contributed by atoms with Gasteiger partial charge in [-0.05, 0) is 31.2 Å². The molecule has 0 heterocycles. The van der Waals surface area contributed by atoms with Crippen LogP contribution in [0.3, 0.4) is 0 Å². The van der Waals surface area contributed by atoms with Crippen LogP contribution in [-0.4, -0.2) is 5.38 Å². The van der Waals surface area contributed by atoms with Gasteiger partial charge in [-0.3, -0.25) is 0 Å². The predicted molar refractivity (Wildman–Crippen MR) is 64.0 cm³/mol. The molecule has 1 aromatic rings. The Morgan fingerprint density at radius 1 is 1.21 bits per heavy atom. The smallest absolute Gasteiger partial charge is 0.0362 e. The Bertz CT molecular complexity index is 263. The summed E-state index contributed by atoms with van der Waals surface area (Å²) in [5.41, 5.74) is 2.71. The molecule has 0 saturated carbocycles. The highest BCUT2D eigenvalue weighted by Gasteiger charge is 2.12. The van der Waals surface area contributed by atoms with Crippen molar-refractivity contribution in [2.45, 2.75) is 39.0 Å². The van der Waals surface area contributed by atoms with Crippen molar-refractivity contribution in [1.29, 1.82) is 0 Å². The average molecular weight is 211 g/mol. The van der Waals surface area contributed by atoms with Gasteiger partial charge in [0, 0.05) is 5.38 Å². The van der Waals surface area contributed by atoms with Crippen molar-refractivity contribution in [3.8, 4) is 0 Å². The molecule has 78 valence electrons. The summed E-state index contributed by atoms with van der Waals surface area (Å²) in [5, 5.41) is 0.302. The predicted octanol–water partition coefficient (Wildman–Crippen LogP) is 4.19. The zero-order valence-electron chi connectivity index (χ0n) is 9.26. The topological polar surface area (TPSA) is 0 Å². The molecule has 14 heavy (non-hydrogen) atoms. The van der Waals surface area contributed by atoms with Crippen LogP contribution < -0.4 is 0 Å². The molecule has 0 N–H and O–H groups in total. The number of halogens is 1. The second-order valence-corrected chi connectivity index (χ2v) is 4.65. The molecule has 0 fully saturated rings. The van der Waals surface area contributed by atoms with Gasteiger partial charge in [0.2, 0.25) is 0 Å². The van der Waals surface area contributed by atoms with E-state index >= 15 is 0 Å². The van der Waals surface area contributed by atoms with Gasteiger partial charge >= 0.3 is 0 Å². The van der Waals surface area contributed by atoms with E-state index in [-0.39, 0.29) is 0 Å². The van der Waals surface area contributed by atoms with Gasteiger partial charge in [-0.1, -0.05) is 43.7 Å². The van der Waals surface area contributed by atoms with Crippen molar-refractivity contribution in [2.75, 3.05) is 0 Å². The molecule has 2 atom stereocenters. The summed E-state index contributed by atoms with van der Waals surface area (Å²) in [6.45, 7) is 6.48. The maximum atomic E-state index is 6.20. The zero-order chi connectivity index (χ0) is 10.6. The van der Waals surface area contributed by atoms with E-state index in [1.807, 2.05) is 0 Å². The first kappa shape index (κ1) is 11.6. The number of hydrogen-bond acceptors (Lipinski definition) is 0. The zero-order valence-corrected chi connectivity index (χ0v) is 10.0. The maximum Gasteiger partial charge on any atom is 0.0362 e. The molecule has 0 saturated heterocycles. The third-order valence-electron chi connectivity index (χ3n) is 2.69. The Balaban J connectivity index is 2.56. The average Bonchev–Trinajstić information content (AvgIpc) is 2.20. The summed E-state index contributed by atoms with van der Waals surface area (Å²) in [7, 11) is 0. The van der Waals surface area contributed by atoms with Crippen molar-refractivity contribution < 1.29 is 0 Å². The summed E-state index contributed by atoms with van der Waals surface area (Å²) >= 11 is 6.20. The Morgan fingerprint density at radius 2 is 1.79 bits per heavy atom. The van der Waals surface area contributed by atoms with Crippen LogP contribution in [0.25, 0.3) is 0 Å². The lowest BCUT2D eigenvalue weighted by Crippen LogP contribution is -2.12. The molecule has 0 aromatic heterocycles. The molecule has 0 nitrogen and oxygen atoms in total. The van der Waals surface area contributed by atoms with Gasteiger partial charge in [0.1, 0.15) is 0 Å². The molecule has 0 aliphatic rings. The van der Waals surface area contributed by atoms with Crippen molar-refractivity contribution in [2.24, 2.45) is 5.92 Å². The Kier molecular flexibility index (Phi) is 4.47. The normalized spacial score (nSPS) is 15.1. The number of aryl methyl sites for hydroxylation is 1. The first-order chi connectivity index (χ1) is 6.63. The first-order valence-corrected chi connectivity index (χ1v) is 5.76. The van der Waals surface area contributed by atoms with E-state index in [4.69, 9.17) is 11.6 Å². The molecule has 1 rings (SSSR count). The van der Waals surface area contributed by atoms with Crippen molar-refractivity contribution in [1.82, 2.24) is 0 Å². The molecule has 2 unspecified atom stereocenters. The van der Waals surface area contributed by atoms with Gasteiger partial charge in [-0.2, -0.15) is 0 Å². The van der Waals surface area contributed by atoms with Crippen molar-refractivity contribution >= 4 is 11.6 Å². The van der Waals surface area contributed by atoms with Crippen LogP contribution in [-0.2, 0) is 6.42 Å². The molecule has 0 aliphatic heterocycles. The molecular weight excluding hydrogens is 192 g/mol. The van der Waals surface area contributed by atoms with Gasteiger partial charge in [-0.15, -0.1) is 11.6 Å². The Labute approximate surface area is 92.3 Å². The van der Waals surface area contributed by atoms with Crippen molar-refractivity contribution in [3.05, 3.63) is 35.4 Å². The fraction of sp³-hybridized carbons (Fsp3) is 0.538. The standard InChI is InChI=1S/C13H19Cl/c1-4-13(14)11(3)9-12-7-5-10(2)6-8-12/h5-8,11,13H,4,9H2,1-3H3. The van der Waals surface area contributed by atoms with Crippen LogP contribution in [0.1, 0.15) is 31.4 Å². The number of alkyl halides is 1. The van der Waals surface area contributed by atoms with Crippen LogP contribution >= 0.6 is 11.6 Å². The van der Waals surface area contributed by atoms with Gasteiger partial charge in [-0.25, -0.2) is 0 Å². The molecule has 1 aromatic carbocycles. The lowest BCUT2D eigenvalue weighted by Gasteiger charge is -2.16. The lowest BCUT2D eigenvalue weighted by molar-refractivity contribution is 0.531. The highest BCUT2D eigenvalue weighted by molar-refractivity contribution is 6.20. The van der Waals surface area contributed by atoms with E-state index in [0.29, 0.717) is 11.3 Å². The van der Waals surface area contributed by atoms with E-state index < -0.39 is 0 Å². The third-order valence-corrected chi connectivity index (χ3v) is 3.42. The second-order valence-electron chi connectivity index (χ2n) is 4.09. The van der Waals surface area contributed by atoms with E-state index in [0.717, 1.165) is 12.8 Å². The summed E-state index contributed by atoms with van der Waals surface area (Å²) in [6, 6.07) is 8.73. The minimum Gasteiger partial charge on any atom is -0.123 e. The highest BCUT2D eigenvalue weighted by Crippen LogP contribution is 2.19. The van der Waals surface area contributed by atoms with E-state index in [9.17, 15) is 0 Å². The molecule has 0 aliphatic carbocycles. The molecular formula is C13H19Cl. The largest absolute Gasteiger partial charge is 0.123 e. The number of hydrogen-bond donors (Lipinski definition) is 0. The van der Waals surface area contributed by atoms with Gasteiger partial charge in [0.05, 0.1) is 0 Å². The van der Waals surface area contributed by atoms with E-state index in [1.54, 1.807) is 0 Å². The molecule has 0 radical (unpaired) electrons. The van der Waals surface area contributed by atoms with Gasteiger partial charge in [0.15, 0.2) is 0 Å². The summed E-state index contributed by atoms with van der Waals surface area (Å²) in [5.74, 6) is 0.560. The van der Waals surface area contributed by atoms with Gasteiger partial charge < -0.3 is 0 Å². The fourth-order valence-electron chi connectivity index (χ4n) is 1.63. The van der Waals surface area contributed by atoms with Gasteiger partial charge in [0.25, 0.3) is 0 Å². The number of benzene rings is 1. The summed E-state index contributed by atoms with van der Waals surface area (Å²) in [4.78, 5) is 0. The SMILES string of the molecule is CCC(Cl)C(C)Cc1ccc(C)cc1. The van der Waals surface area contributed by atoms with Crippen LogP contribution in [0.2, 0.25) is 0 Å². The van der Waals surface area contributed by atoms with Crippen LogP contribution in [0, 0.1) is 12.8 Å². The third kappa shape index (κ3) is 3.34. The summed E-state index contributed by atoms with van der Waals surface area (Å²) in [6.07, 6.45) is 2.14.